The largest absolute Gasteiger partial charge is 0.376 e. The molecule has 0 heterocycles. The van der Waals surface area contributed by atoms with Crippen molar-refractivity contribution in [1.29, 1.82) is 0 Å². The van der Waals surface area contributed by atoms with Crippen LogP contribution in [0.1, 0.15) is 0 Å². The van der Waals surface area contributed by atoms with Crippen LogP contribution in [-0.2, 0) is 0 Å². The Morgan fingerprint density at radius 2 is 1.56 bits per heavy atom. The Morgan fingerprint density at radius 3 is 1.89 bits per heavy atom. The lowest BCUT2D eigenvalue weighted by atomic mass is 10.8. The van der Waals surface area contributed by atoms with Crippen LogP contribution in [0.4, 0.5) is 4.79 Å². The van der Waals surface area contributed by atoms with Gasteiger partial charge in [0.1, 0.15) is 33.7 Å². The van der Waals surface area contributed by atoms with Gasteiger partial charge in [-0.15, -0.1) is 0 Å². The molecular weight excluding hydrogens is 250 g/mol. The number of aliphatic hydroxyl groups excluding tert-OH is 5. The molecule has 0 unspecified atom stereocenters. The predicted molar refractivity (Wildman–Crippen MR) is 60.6 cm³/mol. The lowest BCUT2D eigenvalue weighted by Gasteiger charge is -2.15. The van der Waals surface area contributed by atoms with Gasteiger partial charge >= 0.3 is 6.03 Å². The summed E-state index contributed by atoms with van der Waals surface area (Å²) in [6.07, 6.45) is 0. The zero-order valence-electron chi connectivity index (χ0n) is 9.65. The average Bonchev–Trinajstić information content (AvgIpc) is 2.32. The fraction of sp³-hybridized carbons (Fsp3) is 0.714. The fourth-order valence-electron chi connectivity index (χ4n) is 0.566. The van der Waals surface area contributed by atoms with Gasteiger partial charge in [-0.25, -0.2) is 9.79 Å². The van der Waals surface area contributed by atoms with Crippen LogP contribution in [0.5, 0.6) is 0 Å². The number of guanidine groups is 1. The number of aliphatic imine (C=N–C) groups is 1. The van der Waals surface area contributed by atoms with Crippen LogP contribution < -0.4 is 16.4 Å². The van der Waals surface area contributed by atoms with E-state index in [4.69, 9.17) is 31.3 Å². The van der Waals surface area contributed by atoms with E-state index in [9.17, 15) is 4.79 Å². The Balaban J connectivity index is 0. The number of aliphatic hydroxyl groups is 5. The minimum atomic E-state index is -0.715. The highest BCUT2D eigenvalue weighted by atomic mass is 16.3. The van der Waals surface area contributed by atoms with Gasteiger partial charge in [-0.1, -0.05) is 0 Å². The van der Waals surface area contributed by atoms with E-state index < -0.39 is 26.2 Å². The quantitative estimate of drug-likeness (QED) is 0.140. The Hall–Kier alpha value is -1.66. The molecule has 0 aromatic heterocycles. The van der Waals surface area contributed by atoms with E-state index in [0.29, 0.717) is 4.90 Å². The molecule has 0 aliphatic heterocycles. The zero-order chi connectivity index (χ0) is 14.4. The molecule has 0 rings (SSSR count). The van der Waals surface area contributed by atoms with Gasteiger partial charge < -0.3 is 41.9 Å². The topological polar surface area (TPSA) is 184 Å². The molecule has 0 radical (unpaired) electrons. The van der Waals surface area contributed by atoms with Crippen molar-refractivity contribution in [2.75, 3.05) is 33.7 Å². The molecule has 0 aromatic carbocycles. The second-order valence-electron chi connectivity index (χ2n) is 2.48. The van der Waals surface area contributed by atoms with Crippen LogP contribution in [0, 0.1) is 0 Å². The van der Waals surface area contributed by atoms with E-state index in [-0.39, 0.29) is 19.4 Å². The van der Waals surface area contributed by atoms with Crippen molar-refractivity contribution in [3.8, 4) is 0 Å². The first-order valence-corrected chi connectivity index (χ1v) is 4.68. The van der Waals surface area contributed by atoms with Gasteiger partial charge in [0.05, 0.1) is 0 Å². The highest BCUT2D eigenvalue weighted by molar-refractivity contribution is 5.77. The van der Waals surface area contributed by atoms with E-state index in [0.717, 1.165) is 0 Å². The van der Waals surface area contributed by atoms with Crippen LogP contribution >= 0.6 is 0 Å². The first-order chi connectivity index (χ1) is 8.56. The van der Waals surface area contributed by atoms with Crippen LogP contribution in [-0.4, -0.2) is 76.1 Å². The third-order valence-electron chi connectivity index (χ3n) is 1.36. The molecule has 0 aliphatic rings. The monoisotopic (exact) mass is 269 g/mol. The molecule has 18 heavy (non-hydrogen) atoms. The van der Waals surface area contributed by atoms with Gasteiger partial charge in [0.15, 0.2) is 5.96 Å². The molecule has 0 fully saturated rings. The first-order valence-electron chi connectivity index (χ1n) is 4.68. The number of carbonyl (C=O) groups excluding carboxylic acids is 1. The summed E-state index contributed by atoms with van der Waals surface area (Å²) < 4.78 is 0. The Kier molecular flexibility index (Phi) is 13.9. The second-order valence-corrected chi connectivity index (χ2v) is 2.48. The average molecular weight is 269 g/mol. The van der Waals surface area contributed by atoms with E-state index in [2.05, 4.69) is 10.3 Å². The van der Waals surface area contributed by atoms with Gasteiger partial charge in [0.25, 0.3) is 0 Å². The number of hydrogen-bond acceptors (Lipinski definition) is 7. The second kappa shape index (κ2) is 13.4. The normalized spacial score (nSPS) is 10.2. The summed E-state index contributed by atoms with van der Waals surface area (Å²) in [6, 6.07) is -0.715. The SMILES string of the molecule is NC(=NCO)NCO.O=C(NCO)N(CO)CO. The summed E-state index contributed by atoms with van der Waals surface area (Å²) in [5.74, 6) is 0.0370. The van der Waals surface area contributed by atoms with Crippen LogP contribution in [0.25, 0.3) is 0 Å². The molecule has 0 atom stereocenters. The zero-order valence-corrected chi connectivity index (χ0v) is 9.65. The highest BCUT2D eigenvalue weighted by Crippen LogP contribution is 1.82. The molecule has 11 nitrogen and oxygen atoms in total. The first kappa shape index (κ1) is 18.7. The van der Waals surface area contributed by atoms with Crippen LogP contribution in [0.15, 0.2) is 4.99 Å². The van der Waals surface area contributed by atoms with Crippen molar-refractivity contribution < 1.29 is 30.3 Å². The number of nitrogens with one attached hydrogen (secondary N) is 2. The number of amides is 2. The van der Waals surface area contributed by atoms with Gasteiger partial charge in [-0.05, 0) is 0 Å². The number of nitrogens with zero attached hydrogens (tertiary/aromatic N) is 2. The van der Waals surface area contributed by atoms with Crippen LogP contribution in [0.3, 0.4) is 0 Å². The van der Waals surface area contributed by atoms with Crippen molar-refractivity contribution in [1.82, 2.24) is 15.5 Å². The molecule has 0 saturated heterocycles. The maximum absolute atomic E-state index is 10.5. The van der Waals surface area contributed by atoms with Gasteiger partial charge in [0.2, 0.25) is 0 Å². The Labute approximate surface area is 103 Å². The van der Waals surface area contributed by atoms with Crippen molar-refractivity contribution in [2.24, 2.45) is 10.7 Å². The summed E-state index contributed by atoms with van der Waals surface area (Å²) in [6.45, 7) is -2.31. The van der Waals surface area contributed by atoms with E-state index in [1.54, 1.807) is 0 Å². The van der Waals surface area contributed by atoms with Gasteiger partial charge in [0, 0.05) is 0 Å². The van der Waals surface area contributed by atoms with Crippen molar-refractivity contribution in [2.45, 2.75) is 0 Å². The minimum Gasteiger partial charge on any atom is -0.376 e. The molecular formula is C7H19N5O6. The third kappa shape index (κ3) is 10.8. The number of urea groups is 1. The maximum atomic E-state index is 10.5. The lowest BCUT2D eigenvalue weighted by molar-refractivity contribution is 0.0539. The number of hydrogen-bond donors (Lipinski definition) is 8. The summed E-state index contributed by atoms with van der Waals surface area (Å²) in [7, 11) is 0. The number of carbonyl (C=O) groups is 1. The molecule has 11 heteroatoms. The summed E-state index contributed by atoms with van der Waals surface area (Å²) in [5.41, 5.74) is 5.01. The molecule has 0 saturated carbocycles. The molecule has 0 aliphatic carbocycles. The molecule has 9 N–H and O–H groups in total. The molecule has 0 aromatic rings. The fourth-order valence-corrected chi connectivity index (χ4v) is 0.566. The highest BCUT2D eigenvalue weighted by Gasteiger charge is 2.07. The molecule has 108 valence electrons. The predicted octanol–water partition coefficient (Wildman–Crippen LogP) is -4.36. The lowest BCUT2D eigenvalue weighted by Crippen LogP contribution is -2.41. The smallest absolute Gasteiger partial charge is 0.322 e. The molecule has 0 bridgehead atoms. The van der Waals surface area contributed by atoms with E-state index >= 15 is 0 Å². The molecule has 0 spiro atoms. The summed E-state index contributed by atoms with van der Waals surface area (Å²) in [4.78, 5) is 14.5. The van der Waals surface area contributed by atoms with Crippen molar-refractivity contribution in [3.63, 3.8) is 0 Å². The number of nitrogens with two attached hydrogens (primary N) is 1. The Bertz CT molecular complexity index is 234. The standard InChI is InChI=1S/C4H10N2O4.C3H9N3O2/c7-1-5-4(10)6(2-8)3-9;4-3(5-1-7)6-2-8/h7-9H,1-3H2,(H,5,10);7-8H,1-2H2,(H3,4,5,6). The molecule has 2 amide bonds. The maximum Gasteiger partial charge on any atom is 0.322 e. The Morgan fingerprint density at radius 1 is 1.06 bits per heavy atom. The van der Waals surface area contributed by atoms with Crippen LogP contribution in [0.2, 0.25) is 0 Å². The number of rotatable bonds is 5. The van der Waals surface area contributed by atoms with Crippen molar-refractivity contribution in [3.05, 3.63) is 0 Å². The summed E-state index contributed by atoms with van der Waals surface area (Å²) >= 11 is 0. The van der Waals surface area contributed by atoms with Gasteiger partial charge in [-0.3, -0.25) is 4.90 Å². The van der Waals surface area contributed by atoms with E-state index in [1.807, 2.05) is 5.32 Å². The van der Waals surface area contributed by atoms with Crippen molar-refractivity contribution >= 4 is 12.0 Å². The van der Waals surface area contributed by atoms with E-state index in [1.165, 1.54) is 0 Å². The third-order valence-corrected chi connectivity index (χ3v) is 1.36. The minimum absolute atomic E-state index is 0.0370. The van der Waals surface area contributed by atoms with Gasteiger partial charge in [-0.2, -0.15) is 0 Å². The summed E-state index contributed by atoms with van der Waals surface area (Å²) in [5, 5.41) is 45.3.